The maximum absolute atomic E-state index is 11.3. The predicted molar refractivity (Wildman–Crippen MR) is 136 cm³/mol. The molecule has 1 aliphatic heterocycles. The first-order chi connectivity index (χ1) is 16.0. The monoisotopic (exact) mass is 469 g/mol. The fourth-order valence-electron chi connectivity index (χ4n) is 9.61. The van der Waals surface area contributed by atoms with E-state index < -0.39 is 0 Å². The summed E-state index contributed by atoms with van der Waals surface area (Å²) < 4.78 is 6.89. The number of aliphatic hydroxyl groups is 1. The van der Waals surface area contributed by atoms with Crippen LogP contribution in [0.2, 0.25) is 0 Å². The molecule has 190 valence electrons. The van der Waals surface area contributed by atoms with Gasteiger partial charge in [-0.25, -0.2) is 0 Å². The van der Waals surface area contributed by atoms with Crippen LogP contribution in [0.15, 0.2) is 23.0 Å². The molecule has 0 saturated heterocycles. The van der Waals surface area contributed by atoms with Crippen LogP contribution in [-0.2, 0) is 9.53 Å². The number of fused-ring (bicyclic) bond motifs is 7. The fourth-order valence-corrected chi connectivity index (χ4v) is 9.61. The molecule has 1 heterocycles. The lowest BCUT2D eigenvalue weighted by Crippen LogP contribution is -2.50. The predicted octanol–water partition coefficient (Wildman–Crippen LogP) is 6.15. The smallest absolute Gasteiger partial charge is 0.216 e. The minimum atomic E-state index is -0.130. The number of carbonyl (C=O) groups is 1. The number of hydrogen-bond acceptors (Lipinski definition) is 3. The van der Waals surface area contributed by atoms with E-state index in [9.17, 15) is 9.90 Å². The number of rotatable bonds is 5. The second-order valence-corrected chi connectivity index (χ2v) is 13.4. The van der Waals surface area contributed by atoms with Gasteiger partial charge in [-0.05, 0) is 105 Å². The standard InChI is InChI=1S/C30H47NO3/c1-18(17-31-20(3)32)7-10-26-19(2)27-29(5)14-12-24-23(25(29)16-30(27,6)34-26)9-8-21-15-22(33)11-13-28(21,24)4/h8,18,22-25,27,33H,7,9-17H2,1-6H3,(H,31,32)/t18-,22-,23-,24+,25-,27+,28+,29+,30+/m1/s1. The Morgan fingerprint density at radius 1 is 1.24 bits per heavy atom. The van der Waals surface area contributed by atoms with Gasteiger partial charge in [0.2, 0.25) is 5.91 Å². The van der Waals surface area contributed by atoms with Gasteiger partial charge in [0.05, 0.1) is 11.9 Å². The van der Waals surface area contributed by atoms with Crippen molar-refractivity contribution in [3.05, 3.63) is 23.0 Å². The van der Waals surface area contributed by atoms with Crippen LogP contribution in [-0.4, -0.2) is 29.3 Å². The zero-order valence-corrected chi connectivity index (χ0v) is 22.4. The molecule has 2 N–H and O–H groups in total. The molecule has 3 saturated carbocycles. The first-order valence-electron chi connectivity index (χ1n) is 14.0. The topological polar surface area (TPSA) is 58.6 Å². The molecule has 5 rings (SSSR count). The summed E-state index contributed by atoms with van der Waals surface area (Å²) in [5.41, 5.74) is 3.62. The highest BCUT2D eigenvalue weighted by Crippen LogP contribution is 2.71. The summed E-state index contributed by atoms with van der Waals surface area (Å²) in [4.78, 5) is 11.3. The van der Waals surface area contributed by atoms with Gasteiger partial charge >= 0.3 is 0 Å². The number of aliphatic hydroxyl groups excluding tert-OH is 1. The van der Waals surface area contributed by atoms with Crippen LogP contribution < -0.4 is 5.32 Å². The van der Waals surface area contributed by atoms with Crippen LogP contribution in [0.5, 0.6) is 0 Å². The number of ether oxygens (including phenoxy) is 1. The number of carbonyl (C=O) groups excluding carboxylic acids is 1. The van der Waals surface area contributed by atoms with E-state index in [1.165, 1.54) is 37.0 Å². The van der Waals surface area contributed by atoms with E-state index in [4.69, 9.17) is 4.74 Å². The maximum atomic E-state index is 11.3. The Morgan fingerprint density at radius 3 is 2.74 bits per heavy atom. The van der Waals surface area contributed by atoms with Crippen LogP contribution in [0.4, 0.5) is 0 Å². The summed E-state index contributed by atoms with van der Waals surface area (Å²) in [7, 11) is 0. The van der Waals surface area contributed by atoms with Crippen LogP contribution in [0.25, 0.3) is 0 Å². The SMILES string of the molecule is CC(=O)NC[C@H](C)CCC1=C(C)[C@H]2[C@@]3(C)CC[C@H]4[C@@H](CC=C5C[C@H](O)CC[C@@]54C)[C@H]3C[C@]2(C)O1. The maximum Gasteiger partial charge on any atom is 0.216 e. The number of hydrogen-bond donors (Lipinski definition) is 2. The van der Waals surface area contributed by atoms with Crippen LogP contribution in [0, 0.1) is 40.4 Å². The highest BCUT2D eigenvalue weighted by Gasteiger charge is 2.67. The van der Waals surface area contributed by atoms with Crippen molar-refractivity contribution in [3.8, 4) is 0 Å². The Labute approximate surface area is 207 Å². The minimum Gasteiger partial charge on any atom is -0.491 e. The summed E-state index contributed by atoms with van der Waals surface area (Å²) in [5.74, 6) is 4.51. The van der Waals surface area contributed by atoms with Crippen molar-refractivity contribution in [2.75, 3.05) is 6.54 Å². The molecule has 1 amide bonds. The van der Waals surface area contributed by atoms with E-state index in [-0.39, 0.29) is 17.6 Å². The van der Waals surface area contributed by atoms with Gasteiger partial charge in [-0.3, -0.25) is 4.79 Å². The molecule has 0 radical (unpaired) electrons. The number of allylic oxidation sites excluding steroid dienone is 2. The number of amides is 1. The van der Waals surface area contributed by atoms with Crippen molar-refractivity contribution < 1.29 is 14.6 Å². The van der Waals surface area contributed by atoms with E-state index in [0.29, 0.717) is 22.7 Å². The van der Waals surface area contributed by atoms with E-state index >= 15 is 0 Å². The van der Waals surface area contributed by atoms with Gasteiger partial charge in [0, 0.05) is 25.8 Å². The molecule has 3 fully saturated rings. The van der Waals surface area contributed by atoms with Crippen molar-refractivity contribution >= 4 is 5.91 Å². The average molecular weight is 470 g/mol. The molecule has 4 heteroatoms. The summed E-state index contributed by atoms with van der Waals surface area (Å²) in [6.45, 7) is 14.4. The van der Waals surface area contributed by atoms with Crippen molar-refractivity contribution in [1.29, 1.82) is 0 Å². The summed E-state index contributed by atoms with van der Waals surface area (Å²) in [6.07, 6.45) is 12.5. The van der Waals surface area contributed by atoms with Gasteiger partial charge in [0.25, 0.3) is 0 Å². The first kappa shape index (κ1) is 24.4. The molecule has 5 aliphatic rings. The Balaban J connectivity index is 1.34. The normalized spacial score (nSPS) is 46.0. The second kappa shape index (κ2) is 8.39. The third kappa shape index (κ3) is 3.69. The van der Waals surface area contributed by atoms with Crippen LogP contribution in [0.1, 0.15) is 99.3 Å². The quantitative estimate of drug-likeness (QED) is 0.475. The summed E-state index contributed by atoms with van der Waals surface area (Å²) >= 11 is 0. The molecule has 0 spiro atoms. The molecular formula is C30H47NO3. The molecule has 34 heavy (non-hydrogen) atoms. The van der Waals surface area contributed by atoms with Gasteiger partial charge in [0.1, 0.15) is 5.60 Å². The van der Waals surface area contributed by atoms with Gasteiger partial charge in [0.15, 0.2) is 0 Å². The van der Waals surface area contributed by atoms with Crippen molar-refractivity contribution in [2.45, 2.75) is 111 Å². The van der Waals surface area contributed by atoms with Crippen molar-refractivity contribution in [1.82, 2.24) is 5.32 Å². The fraction of sp³-hybridized carbons (Fsp3) is 0.833. The lowest BCUT2D eigenvalue weighted by atomic mass is 9.47. The molecule has 0 bridgehead atoms. The Kier molecular flexibility index (Phi) is 6.02. The van der Waals surface area contributed by atoms with E-state index in [2.05, 4.69) is 46.0 Å². The Hall–Kier alpha value is -1.29. The van der Waals surface area contributed by atoms with Crippen molar-refractivity contribution in [3.63, 3.8) is 0 Å². The highest BCUT2D eigenvalue weighted by atomic mass is 16.5. The van der Waals surface area contributed by atoms with E-state index in [0.717, 1.165) is 56.4 Å². The third-order valence-corrected chi connectivity index (χ3v) is 11.2. The molecule has 9 atom stereocenters. The Bertz CT molecular complexity index is 907. The van der Waals surface area contributed by atoms with Crippen LogP contribution >= 0.6 is 0 Å². The van der Waals surface area contributed by atoms with Gasteiger partial charge < -0.3 is 15.2 Å². The lowest BCUT2D eigenvalue weighted by Gasteiger charge is -2.57. The van der Waals surface area contributed by atoms with Gasteiger partial charge in [-0.2, -0.15) is 0 Å². The van der Waals surface area contributed by atoms with Gasteiger partial charge in [-0.1, -0.05) is 32.4 Å². The minimum absolute atomic E-state index is 0.0546. The number of nitrogens with one attached hydrogen (secondary N) is 1. The zero-order chi connectivity index (χ0) is 24.5. The summed E-state index contributed by atoms with van der Waals surface area (Å²) in [5, 5.41) is 13.3. The molecular weight excluding hydrogens is 422 g/mol. The van der Waals surface area contributed by atoms with E-state index in [1.54, 1.807) is 12.5 Å². The van der Waals surface area contributed by atoms with E-state index in [1.807, 2.05) is 0 Å². The molecule has 4 aliphatic carbocycles. The molecule has 4 nitrogen and oxygen atoms in total. The second-order valence-electron chi connectivity index (χ2n) is 13.4. The van der Waals surface area contributed by atoms with Gasteiger partial charge in [-0.15, -0.1) is 0 Å². The summed E-state index contributed by atoms with van der Waals surface area (Å²) in [6, 6.07) is 0. The van der Waals surface area contributed by atoms with Crippen molar-refractivity contribution in [2.24, 2.45) is 40.4 Å². The molecule has 0 unspecified atom stereocenters. The van der Waals surface area contributed by atoms with Crippen LogP contribution in [0.3, 0.4) is 0 Å². The molecule has 0 aromatic carbocycles. The molecule has 0 aromatic heterocycles. The lowest BCUT2D eigenvalue weighted by molar-refractivity contribution is -0.119. The average Bonchev–Trinajstić information content (AvgIpc) is 3.17. The third-order valence-electron chi connectivity index (χ3n) is 11.2. The molecule has 0 aromatic rings. The highest BCUT2D eigenvalue weighted by molar-refractivity contribution is 5.72. The largest absolute Gasteiger partial charge is 0.491 e. The zero-order valence-electron chi connectivity index (χ0n) is 22.4. The first-order valence-corrected chi connectivity index (χ1v) is 14.0. The Morgan fingerprint density at radius 2 is 2.00 bits per heavy atom.